The summed E-state index contributed by atoms with van der Waals surface area (Å²) in [5, 5.41) is 7.81. The number of urea groups is 1. The van der Waals surface area contributed by atoms with E-state index in [-0.39, 0.29) is 0 Å². The Bertz CT molecular complexity index is 672. The SMILES string of the molecule is CCNC(=O)NC(=O)[C@H](C)Nc1ccc(Oc2ccccc2)cc1. The van der Waals surface area contributed by atoms with Crippen molar-refractivity contribution in [2.24, 2.45) is 0 Å². The Morgan fingerprint density at radius 3 is 2.25 bits per heavy atom. The first-order valence-electron chi connectivity index (χ1n) is 7.76. The molecule has 0 saturated heterocycles. The molecule has 2 rings (SSSR count). The molecule has 2 aromatic rings. The summed E-state index contributed by atoms with van der Waals surface area (Å²) in [6.45, 7) is 3.93. The Hall–Kier alpha value is -3.02. The summed E-state index contributed by atoms with van der Waals surface area (Å²) >= 11 is 0. The zero-order valence-corrected chi connectivity index (χ0v) is 13.7. The van der Waals surface area contributed by atoms with Gasteiger partial charge in [0.2, 0.25) is 5.91 Å². The molecule has 2 aromatic carbocycles. The van der Waals surface area contributed by atoms with Gasteiger partial charge >= 0.3 is 6.03 Å². The Labute approximate surface area is 141 Å². The van der Waals surface area contributed by atoms with Crippen molar-refractivity contribution in [2.45, 2.75) is 19.9 Å². The van der Waals surface area contributed by atoms with Gasteiger partial charge in [0.25, 0.3) is 0 Å². The number of carbonyl (C=O) groups is 2. The first-order chi connectivity index (χ1) is 11.6. The zero-order valence-electron chi connectivity index (χ0n) is 13.7. The van der Waals surface area contributed by atoms with Crippen LogP contribution in [0.1, 0.15) is 13.8 Å². The van der Waals surface area contributed by atoms with E-state index >= 15 is 0 Å². The number of benzene rings is 2. The van der Waals surface area contributed by atoms with Gasteiger partial charge in [0.1, 0.15) is 17.5 Å². The third kappa shape index (κ3) is 5.31. The normalized spacial score (nSPS) is 11.2. The van der Waals surface area contributed by atoms with Gasteiger partial charge in [0.15, 0.2) is 0 Å². The predicted molar refractivity (Wildman–Crippen MR) is 93.3 cm³/mol. The van der Waals surface area contributed by atoms with Gasteiger partial charge in [-0.1, -0.05) is 18.2 Å². The van der Waals surface area contributed by atoms with Crippen LogP contribution in [0.4, 0.5) is 10.5 Å². The standard InChI is InChI=1S/C18H21N3O3/c1-3-19-18(23)21-17(22)13(2)20-14-9-11-16(12-10-14)24-15-7-5-4-6-8-15/h4-13,20H,3H2,1-2H3,(H2,19,21,22,23)/t13-/m0/s1. The van der Waals surface area contributed by atoms with Crippen molar-refractivity contribution in [3.8, 4) is 11.5 Å². The second kappa shape index (κ2) is 8.57. The van der Waals surface area contributed by atoms with Crippen LogP contribution in [0.2, 0.25) is 0 Å². The van der Waals surface area contributed by atoms with Crippen molar-refractivity contribution >= 4 is 17.6 Å². The van der Waals surface area contributed by atoms with Crippen molar-refractivity contribution in [2.75, 3.05) is 11.9 Å². The number of hydrogen-bond donors (Lipinski definition) is 3. The maximum atomic E-state index is 11.9. The second-order valence-corrected chi connectivity index (χ2v) is 5.15. The van der Waals surface area contributed by atoms with Crippen molar-refractivity contribution in [1.29, 1.82) is 0 Å². The van der Waals surface area contributed by atoms with Crippen LogP contribution in [0.15, 0.2) is 54.6 Å². The summed E-state index contributed by atoms with van der Waals surface area (Å²) in [6, 6.07) is 15.7. The average Bonchev–Trinajstić information content (AvgIpc) is 2.57. The fourth-order valence-electron chi connectivity index (χ4n) is 1.98. The molecule has 0 saturated carbocycles. The fraction of sp³-hybridized carbons (Fsp3) is 0.222. The van der Waals surface area contributed by atoms with E-state index in [0.29, 0.717) is 12.3 Å². The number of imide groups is 1. The van der Waals surface area contributed by atoms with Crippen molar-refractivity contribution in [3.63, 3.8) is 0 Å². The average molecular weight is 327 g/mol. The molecule has 0 unspecified atom stereocenters. The molecule has 3 amide bonds. The monoisotopic (exact) mass is 327 g/mol. The summed E-state index contributed by atoms with van der Waals surface area (Å²) in [6.07, 6.45) is 0. The molecule has 1 atom stereocenters. The Kier molecular flexibility index (Phi) is 6.19. The summed E-state index contributed by atoms with van der Waals surface area (Å²) in [7, 11) is 0. The molecule has 3 N–H and O–H groups in total. The van der Waals surface area contributed by atoms with Gasteiger partial charge in [-0.25, -0.2) is 4.79 Å². The molecule has 0 radical (unpaired) electrons. The minimum Gasteiger partial charge on any atom is -0.457 e. The van der Waals surface area contributed by atoms with E-state index in [1.54, 1.807) is 13.8 Å². The second-order valence-electron chi connectivity index (χ2n) is 5.15. The highest BCUT2D eigenvalue weighted by Crippen LogP contribution is 2.22. The third-order valence-corrected chi connectivity index (χ3v) is 3.18. The van der Waals surface area contributed by atoms with Gasteiger partial charge in [-0.3, -0.25) is 10.1 Å². The van der Waals surface area contributed by atoms with Gasteiger partial charge in [-0.2, -0.15) is 0 Å². The topological polar surface area (TPSA) is 79.5 Å². The number of amides is 3. The van der Waals surface area contributed by atoms with E-state index in [1.165, 1.54) is 0 Å². The lowest BCUT2D eigenvalue weighted by Gasteiger charge is -2.15. The number of para-hydroxylation sites is 1. The summed E-state index contributed by atoms with van der Waals surface area (Å²) < 4.78 is 5.71. The molecule has 0 fully saturated rings. The van der Waals surface area contributed by atoms with Crippen LogP contribution >= 0.6 is 0 Å². The summed E-state index contributed by atoms with van der Waals surface area (Å²) in [5.41, 5.74) is 0.758. The van der Waals surface area contributed by atoms with E-state index in [2.05, 4.69) is 16.0 Å². The van der Waals surface area contributed by atoms with Crippen LogP contribution in [-0.2, 0) is 4.79 Å². The molecule has 0 heterocycles. The van der Waals surface area contributed by atoms with Crippen LogP contribution in [-0.4, -0.2) is 24.5 Å². The predicted octanol–water partition coefficient (Wildman–Crippen LogP) is 3.13. The van der Waals surface area contributed by atoms with Crippen LogP contribution < -0.4 is 20.7 Å². The number of ether oxygens (including phenoxy) is 1. The highest BCUT2D eigenvalue weighted by molar-refractivity contribution is 5.97. The molecule has 6 heteroatoms. The largest absolute Gasteiger partial charge is 0.457 e. The summed E-state index contributed by atoms with van der Waals surface area (Å²) in [4.78, 5) is 23.2. The fourth-order valence-corrected chi connectivity index (χ4v) is 1.98. The van der Waals surface area contributed by atoms with Gasteiger partial charge in [0, 0.05) is 12.2 Å². The Morgan fingerprint density at radius 2 is 1.62 bits per heavy atom. The van der Waals surface area contributed by atoms with Crippen molar-refractivity contribution in [3.05, 3.63) is 54.6 Å². The van der Waals surface area contributed by atoms with Crippen molar-refractivity contribution < 1.29 is 14.3 Å². The molecule has 0 aliphatic heterocycles. The Balaban J connectivity index is 1.89. The minimum atomic E-state index is -0.548. The first-order valence-corrected chi connectivity index (χ1v) is 7.76. The highest BCUT2D eigenvalue weighted by atomic mass is 16.5. The zero-order chi connectivity index (χ0) is 17.4. The lowest BCUT2D eigenvalue weighted by atomic mass is 10.2. The van der Waals surface area contributed by atoms with Crippen LogP contribution in [0, 0.1) is 0 Å². The van der Waals surface area contributed by atoms with Crippen LogP contribution in [0.25, 0.3) is 0 Å². The molecule has 0 aromatic heterocycles. The van der Waals surface area contributed by atoms with Gasteiger partial charge in [0.05, 0.1) is 0 Å². The number of rotatable bonds is 6. The van der Waals surface area contributed by atoms with Gasteiger partial charge < -0.3 is 15.4 Å². The molecule has 126 valence electrons. The molecule has 24 heavy (non-hydrogen) atoms. The van der Waals surface area contributed by atoms with E-state index in [0.717, 1.165) is 11.4 Å². The minimum absolute atomic E-state index is 0.398. The van der Waals surface area contributed by atoms with Crippen LogP contribution in [0.5, 0.6) is 11.5 Å². The Morgan fingerprint density at radius 1 is 1.00 bits per heavy atom. The molecular formula is C18H21N3O3. The highest BCUT2D eigenvalue weighted by Gasteiger charge is 2.15. The van der Waals surface area contributed by atoms with Gasteiger partial charge in [-0.15, -0.1) is 0 Å². The molecule has 0 aliphatic rings. The number of hydrogen-bond acceptors (Lipinski definition) is 4. The van der Waals surface area contributed by atoms with E-state index in [4.69, 9.17) is 4.74 Å². The quantitative estimate of drug-likeness (QED) is 0.761. The third-order valence-electron chi connectivity index (χ3n) is 3.18. The summed E-state index contributed by atoms with van der Waals surface area (Å²) in [5.74, 6) is 1.06. The number of carbonyl (C=O) groups excluding carboxylic acids is 2. The lowest BCUT2D eigenvalue weighted by Crippen LogP contribution is -2.45. The molecule has 0 bridgehead atoms. The van der Waals surface area contributed by atoms with Crippen LogP contribution in [0.3, 0.4) is 0 Å². The first kappa shape index (κ1) is 17.3. The lowest BCUT2D eigenvalue weighted by molar-refractivity contribution is -0.120. The molecular weight excluding hydrogens is 306 g/mol. The molecule has 0 aliphatic carbocycles. The maximum absolute atomic E-state index is 11.9. The van der Waals surface area contributed by atoms with E-state index in [1.807, 2.05) is 54.6 Å². The van der Waals surface area contributed by atoms with Crippen molar-refractivity contribution in [1.82, 2.24) is 10.6 Å². The number of nitrogens with one attached hydrogen (secondary N) is 3. The smallest absolute Gasteiger partial charge is 0.321 e. The maximum Gasteiger partial charge on any atom is 0.321 e. The molecule has 6 nitrogen and oxygen atoms in total. The number of anilines is 1. The van der Waals surface area contributed by atoms with E-state index in [9.17, 15) is 9.59 Å². The van der Waals surface area contributed by atoms with Gasteiger partial charge in [-0.05, 0) is 50.2 Å². The molecule has 0 spiro atoms. The van der Waals surface area contributed by atoms with E-state index < -0.39 is 18.0 Å².